The molecule has 0 bridgehead atoms. The van der Waals surface area contributed by atoms with Crippen LogP contribution in [0, 0.1) is 0 Å². The molecule has 6 heteroatoms. The number of benzene rings is 1. The van der Waals surface area contributed by atoms with Gasteiger partial charge in [0.05, 0.1) is 0 Å². The van der Waals surface area contributed by atoms with Crippen molar-refractivity contribution in [2.24, 2.45) is 0 Å². The molecule has 0 fully saturated rings. The zero-order valence-electron chi connectivity index (χ0n) is 7.22. The predicted octanol–water partition coefficient (Wildman–Crippen LogP) is 3.79. The number of hydrogen-bond acceptors (Lipinski definition) is 0. The second-order valence-corrected chi connectivity index (χ2v) is 8.06. The van der Waals surface area contributed by atoms with Crippen molar-refractivity contribution in [2.75, 3.05) is 0 Å². The summed E-state index contributed by atoms with van der Waals surface area (Å²) in [6.45, 7) is 0. The number of hydrogen-bond donors (Lipinski definition) is 0. The third kappa shape index (κ3) is 4.51. The maximum absolute atomic E-state index is 12.7. The second-order valence-electron chi connectivity index (χ2n) is 2.92. The predicted molar refractivity (Wildman–Crippen MR) is 47.6 cm³/mol. The zero-order chi connectivity index (χ0) is 9.90. The minimum absolute atomic E-state index is 0. The van der Waals surface area contributed by atoms with E-state index in [1.165, 1.54) is 12.1 Å². The molecular formula is C8H8BrF4Zn. The van der Waals surface area contributed by atoms with Gasteiger partial charge in [-0.3, -0.25) is 0 Å². The monoisotopic (exact) mass is 323 g/mol. The first-order chi connectivity index (χ1) is 6.00. The van der Waals surface area contributed by atoms with Crippen LogP contribution in [0.15, 0.2) is 30.3 Å². The average molecular weight is 325 g/mol. The summed E-state index contributed by atoms with van der Waals surface area (Å²) in [5.41, 5.74) is 0.447. The summed E-state index contributed by atoms with van der Waals surface area (Å²) in [6, 6.07) is 7.97. The van der Waals surface area contributed by atoms with Gasteiger partial charge in [0.1, 0.15) is 0 Å². The number of alkyl halides is 3. The van der Waals surface area contributed by atoms with Crippen molar-refractivity contribution in [3.8, 4) is 0 Å². The number of rotatable bonds is 2. The van der Waals surface area contributed by atoms with Crippen molar-refractivity contribution >= 4 is 17.0 Å². The molecule has 0 heterocycles. The molecule has 0 aliphatic heterocycles. The van der Waals surface area contributed by atoms with E-state index in [0.29, 0.717) is 5.56 Å². The maximum atomic E-state index is 12.7. The van der Waals surface area contributed by atoms with Gasteiger partial charge in [0.15, 0.2) is 0 Å². The Balaban J connectivity index is 0.00000169. The number of halogens is 5. The van der Waals surface area contributed by atoms with Gasteiger partial charge < -0.3 is 0 Å². The molecule has 1 aromatic carbocycles. The van der Waals surface area contributed by atoms with Crippen LogP contribution in [-0.2, 0) is 21.5 Å². The van der Waals surface area contributed by atoms with Gasteiger partial charge in [-0.25, -0.2) is 0 Å². The van der Waals surface area contributed by atoms with Crippen LogP contribution in [0.4, 0.5) is 16.5 Å². The van der Waals surface area contributed by atoms with Gasteiger partial charge in [-0.05, 0) is 0 Å². The Bertz CT molecular complexity index is 262. The minimum atomic E-state index is -4.79. The zero-order valence-corrected chi connectivity index (χ0v) is 11.9. The van der Waals surface area contributed by atoms with E-state index in [-0.39, 0.29) is 17.0 Å². The normalized spacial score (nSPS) is 10.6. The molecule has 0 spiro atoms. The van der Waals surface area contributed by atoms with Crippen molar-refractivity contribution in [1.29, 1.82) is 0 Å². The van der Waals surface area contributed by atoms with E-state index >= 15 is 0 Å². The average Bonchev–Trinajstić information content (AvgIpc) is 2.04. The summed E-state index contributed by atoms with van der Waals surface area (Å²) in [4.78, 5) is 0. The van der Waals surface area contributed by atoms with Gasteiger partial charge in [-0.2, -0.15) is 0 Å². The van der Waals surface area contributed by atoms with Crippen molar-refractivity contribution in [3.05, 3.63) is 35.9 Å². The fourth-order valence-corrected chi connectivity index (χ4v) is 3.40. The Labute approximate surface area is 95.6 Å². The summed E-state index contributed by atoms with van der Waals surface area (Å²) in [5, 5.41) is -0.398. The molecule has 0 N–H and O–H groups in total. The van der Waals surface area contributed by atoms with E-state index in [9.17, 15) is 16.5 Å². The fraction of sp³-hybridized carbons (Fsp3) is 0.250. The van der Waals surface area contributed by atoms with E-state index in [2.05, 4.69) is 0 Å². The van der Waals surface area contributed by atoms with Crippen molar-refractivity contribution in [1.82, 2.24) is 0 Å². The molecular weight excluding hydrogens is 317 g/mol. The van der Waals surface area contributed by atoms with Gasteiger partial charge in [-0.1, -0.05) is 0 Å². The van der Waals surface area contributed by atoms with Gasteiger partial charge >= 0.3 is 78.6 Å². The van der Waals surface area contributed by atoms with E-state index in [1.54, 1.807) is 18.2 Å². The van der Waals surface area contributed by atoms with Crippen LogP contribution in [0.5, 0.6) is 0 Å². The van der Waals surface area contributed by atoms with Crippen LogP contribution in [0.1, 0.15) is 5.56 Å². The first kappa shape index (κ1) is 14.0. The fourth-order valence-electron chi connectivity index (χ4n) is 1.04. The third-order valence-corrected chi connectivity index (χ3v) is 5.74. The Morgan fingerprint density at radius 1 is 1.07 bits per heavy atom. The molecule has 0 aliphatic rings. The first-order valence-electron chi connectivity index (χ1n) is 3.95. The quantitative estimate of drug-likeness (QED) is 0.573. The summed E-state index contributed by atoms with van der Waals surface area (Å²) in [5.74, 6) is 0. The Kier molecular flexibility index (Phi) is 5.83. The second kappa shape index (κ2) is 5.81. The van der Waals surface area contributed by atoms with E-state index in [0.717, 1.165) is 0 Å². The van der Waals surface area contributed by atoms with Gasteiger partial charge in [0.25, 0.3) is 0 Å². The molecule has 1 aromatic rings. The Hall–Kier alpha value is 0.0434. The molecule has 0 aliphatic carbocycles. The standard InChI is InChI=1S/C7H7.CF3.BrH.FH.Zn/c1-7-5-3-2-4-6-7;2-1(3)4;;;/h2-6H,1H2;;2*1H;/q;;;;+1/p-1. The van der Waals surface area contributed by atoms with Crippen molar-refractivity contribution in [3.63, 3.8) is 0 Å². The molecule has 0 aromatic heterocycles. The van der Waals surface area contributed by atoms with E-state index in [4.69, 9.17) is 0 Å². The molecule has 0 nitrogen and oxygen atoms in total. The first-order valence-corrected chi connectivity index (χ1v) is 8.66. The molecule has 0 amide bonds. The molecule has 0 saturated heterocycles. The molecule has 0 atom stereocenters. The van der Waals surface area contributed by atoms with E-state index < -0.39 is 26.2 Å². The molecule has 77 valence electrons. The summed E-state index contributed by atoms with van der Waals surface area (Å²) in [7, 11) is 0. The summed E-state index contributed by atoms with van der Waals surface area (Å²) >= 11 is -4.79. The molecule has 14 heavy (non-hydrogen) atoms. The van der Waals surface area contributed by atoms with Gasteiger partial charge in [0, 0.05) is 0 Å². The molecule has 0 unspecified atom stereocenters. The Morgan fingerprint density at radius 3 is 2.00 bits per heavy atom. The molecule has 0 radical (unpaired) electrons. The van der Waals surface area contributed by atoms with E-state index in [1.807, 2.05) is 0 Å². The summed E-state index contributed by atoms with van der Waals surface area (Å²) in [6.07, 6.45) is 0. The molecule has 0 saturated carbocycles. The van der Waals surface area contributed by atoms with Crippen LogP contribution in [0.2, 0.25) is 0 Å². The molecule has 1 rings (SSSR count). The van der Waals surface area contributed by atoms with Crippen LogP contribution < -0.4 is 0 Å². The van der Waals surface area contributed by atoms with Crippen LogP contribution >= 0.6 is 17.0 Å². The van der Waals surface area contributed by atoms with Crippen molar-refractivity contribution < 1.29 is 32.9 Å². The van der Waals surface area contributed by atoms with Gasteiger partial charge in [-0.15, -0.1) is 17.0 Å². The van der Waals surface area contributed by atoms with Crippen LogP contribution in [0.3, 0.4) is 0 Å². The third-order valence-electron chi connectivity index (χ3n) is 1.79. The van der Waals surface area contributed by atoms with Crippen molar-refractivity contribution in [2.45, 2.75) is 9.79 Å². The van der Waals surface area contributed by atoms with Crippen LogP contribution in [0.25, 0.3) is 0 Å². The van der Waals surface area contributed by atoms with Crippen LogP contribution in [-0.4, -0.2) is 4.77 Å². The topological polar surface area (TPSA) is 0 Å². The SMILES string of the molecule is Br.[F][Zn]([CH2]c1ccccc1)[C](F)(F)F. The Morgan fingerprint density at radius 2 is 1.57 bits per heavy atom. The summed E-state index contributed by atoms with van der Waals surface area (Å²) < 4.78 is 43.7. The van der Waals surface area contributed by atoms with Gasteiger partial charge in [0.2, 0.25) is 0 Å².